The van der Waals surface area contributed by atoms with Crippen LogP contribution in [0.2, 0.25) is 0 Å². The van der Waals surface area contributed by atoms with Gasteiger partial charge in [-0.3, -0.25) is 14.4 Å². The van der Waals surface area contributed by atoms with E-state index in [9.17, 15) is 14.4 Å². The minimum Gasteiger partial charge on any atom is -0.370 e. The molecule has 0 aromatic heterocycles. The fourth-order valence-electron chi connectivity index (χ4n) is 5.06. The van der Waals surface area contributed by atoms with E-state index < -0.39 is 0 Å². The summed E-state index contributed by atoms with van der Waals surface area (Å²) in [6.45, 7) is 0.396. The second-order valence-electron chi connectivity index (χ2n) is 8.08. The number of halogens is 1. The summed E-state index contributed by atoms with van der Waals surface area (Å²) < 4.78 is 0.943. The lowest BCUT2D eigenvalue weighted by Crippen LogP contribution is -2.42. The molecule has 0 aliphatic heterocycles. The van der Waals surface area contributed by atoms with Crippen molar-refractivity contribution < 1.29 is 14.4 Å². The SMILES string of the molecule is NC(=O)CCCNC(=O)[C@H]1[C@H](C(=O)Nc2ccc(Br)cc2)[C@@H]2C=C[C@H]1C21CC1. The lowest BCUT2D eigenvalue weighted by molar-refractivity contribution is -0.132. The third-order valence-electron chi connectivity index (χ3n) is 6.46. The molecule has 0 saturated heterocycles. The van der Waals surface area contributed by atoms with Gasteiger partial charge in [0, 0.05) is 23.1 Å². The van der Waals surface area contributed by atoms with Gasteiger partial charge in [0.2, 0.25) is 17.7 Å². The quantitative estimate of drug-likeness (QED) is 0.443. The standard InChI is InChI=1S/C21H24BrN3O3/c22-12-3-5-13(6-4-12)25-20(28)18-15-8-7-14(21(15)9-10-21)17(18)19(27)24-11-1-2-16(23)26/h3-8,14-15,17-18H,1-2,9-11H2,(H2,23,26)(H,24,27)(H,25,28)/t14-,15+,17-,18-/m1/s1. The van der Waals surface area contributed by atoms with Crippen LogP contribution in [0.1, 0.15) is 25.7 Å². The predicted octanol–water partition coefficient (Wildman–Crippen LogP) is 2.60. The maximum absolute atomic E-state index is 13.1. The average Bonchev–Trinajstić information content (AvgIpc) is 3.33. The summed E-state index contributed by atoms with van der Waals surface area (Å²) in [7, 11) is 0. The van der Waals surface area contributed by atoms with Crippen LogP contribution in [0.3, 0.4) is 0 Å². The first-order valence-corrected chi connectivity index (χ1v) is 10.5. The Morgan fingerprint density at radius 3 is 2.21 bits per heavy atom. The van der Waals surface area contributed by atoms with Gasteiger partial charge < -0.3 is 16.4 Å². The zero-order chi connectivity index (χ0) is 19.9. The van der Waals surface area contributed by atoms with Crippen LogP contribution < -0.4 is 16.4 Å². The molecule has 4 N–H and O–H groups in total. The number of nitrogens with one attached hydrogen (secondary N) is 2. The summed E-state index contributed by atoms with van der Waals surface area (Å²) in [5.41, 5.74) is 5.97. The Morgan fingerprint density at radius 1 is 1.04 bits per heavy atom. The molecule has 3 amide bonds. The van der Waals surface area contributed by atoms with E-state index >= 15 is 0 Å². The molecule has 28 heavy (non-hydrogen) atoms. The van der Waals surface area contributed by atoms with Gasteiger partial charge in [-0.25, -0.2) is 0 Å². The van der Waals surface area contributed by atoms with Crippen molar-refractivity contribution in [1.82, 2.24) is 5.32 Å². The number of anilines is 1. The maximum Gasteiger partial charge on any atom is 0.228 e. The number of nitrogens with two attached hydrogens (primary N) is 1. The van der Waals surface area contributed by atoms with Crippen molar-refractivity contribution in [1.29, 1.82) is 0 Å². The fraction of sp³-hybridized carbons (Fsp3) is 0.476. The van der Waals surface area contributed by atoms with Gasteiger partial charge in [0.15, 0.2) is 0 Å². The van der Waals surface area contributed by atoms with E-state index in [2.05, 4.69) is 38.7 Å². The molecule has 3 aliphatic rings. The van der Waals surface area contributed by atoms with Gasteiger partial charge in [-0.15, -0.1) is 0 Å². The average molecular weight is 446 g/mol. The number of primary amides is 1. The molecule has 0 unspecified atom stereocenters. The predicted molar refractivity (Wildman–Crippen MR) is 109 cm³/mol. The molecule has 2 saturated carbocycles. The minimum atomic E-state index is -0.374. The van der Waals surface area contributed by atoms with E-state index in [1.54, 1.807) is 0 Å². The number of amides is 3. The molecule has 1 spiro atoms. The molecule has 148 valence electrons. The Bertz CT molecular complexity index is 832. The molecule has 7 heteroatoms. The summed E-state index contributed by atoms with van der Waals surface area (Å²) >= 11 is 3.39. The van der Waals surface area contributed by atoms with E-state index in [-0.39, 0.29) is 53.2 Å². The first-order valence-electron chi connectivity index (χ1n) is 9.73. The lowest BCUT2D eigenvalue weighted by atomic mass is 9.81. The third kappa shape index (κ3) is 3.36. The van der Waals surface area contributed by atoms with Crippen molar-refractivity contribution in [2.24, 2.45) is 34.8 Å². The molecule has 1 aromatic rings. The maximum atomic E-state index is 13.1. The number of rotatable bonds is 7. The molecular formula is C21H24BrN3O3. The van der Waals surface area contributed by atoms with Crippen molar-refractivity contribution in [3.63, 3.8) is 0 Å². The van der Waals surface area contributed by atoms with Crippen LogP contribution >= 0.6 is 15.9 Å². The zero-order valence-corrected chi connectivity index (χ0v) is 17.1. The van der Waals surface area contributed by atoms with Crippen molar-refractivity contribution in [2.45, 2.75) is 25.7 Å². The number of hydrogen-bond acceptors (Lipinski definition) is 3. The van der Waals surface area contributed by atoms with Crippen molar-refractivity contribution >= 4 is 39.3 Å². The fourth-order valence-corrected chi connectivity index (χ4v) is 5.32. The van der Waals surface area contributed by atoms with Crippen LogP contribution in [0.25, 0.3) is 0 Å². The third-order valence-corrected chi connectivity index (χ3v) is 6.99. The Hall–Kier alpha value is -2.15. The highest BCUT2D eigenvalue weighted by molar-refractivity contribution is 9.10. The Kier molecular flexibility index (Phi) is 5.04. The lowest BCUT2D eigenvalue weighted by Gasteiger charge is -2.26. The molecule has 0 radical (unpaired) electrons. The summed E-state index contributed by atoms with van der Waals surface area (Å²) in [6, 6.07) is 7.44. The van der Waals surface area contributed by atoms with Crippen LogP contribution in [-0.4, -0.2) is 24.3 Å². The highest BCUT2D eigenvalue weighted by atomic mass is 79.9. The number of allylic oxidation sites excluding steroid dienone is 2. The smallest absolute Gasteiger partial charge is 0.228 e. The van der Waals surface area contributed by atoms with Gasteiger partial charge in [-0.05, 0) is 60.8 Å². The Labute approximate surface area is 172 Å². The second kappa shape index (κ2) is 7.35. The summed E-state index contributed by atoms with van der Waals surface area (Å²) in [5.74, 6) is -1.05. The van der Waals surface area contributed by atoms with E-state index in [1.165, 1.54) is 0 Å². The molecule has 4 rings (SSSR count). The number of carbonyl (C=O) groups excluding carboxylic acids is 3. The largest absolute Gasteiger partial charge is 0.370 e. The minimum absolute atomic E-state index is 0.0939. The van der Waals surface area contributed by atoms with Gasteiger partial charge in [-0.1, -0.05) is 28.1 Å². The molecule has 0 heterocycles. The van der Waals surface area contributed by atoms with Gasteiger partial charge in [0.05, 0.1) is 11.8 Å². The van der Waals surface area contributed by atoms with Crippen LogP contribution in [0, 0.1) is 29.1 Å². The monoisotopic (exact) mass is 445 g/mol. The van der Waals surface area contributed by atoms with Gasteiger partial charge >= 0.3 is 0 Å². The molecule has 1 aromatic carbocycles. The Morgan fingerprint density at radius 2 is 1.64 bits per heavy atom. The van der Waals surface area contributed by atoms with Gasteiger partial charge in [-0.2, -0.15) is 0 Å². The van der Waals surface area contributed by atoms with E-state index in [4.69, 9.17) is 5.73 Å². The summed E-state index contributed by atoms with van der Waals surface area (Å²) in [4.78, 5) is 37.0. The zero-order valence-electron chi connectivity index (χ0n) is 15.5. The first kappa shape index (κ1) is 19.2. The van der Waals surface area contributed by atoms with Crippen molar-refractivity contribution in [3.05, 3.63) is 40.9 Å². The van der Waals surface area contributed by atoms with Gasteiger partial charge in [0.25, 0.3) is 0 Å². The van der Waals surface area contributed by atoms with E-state index in [0.29, 0.717) is 13.0 Å². The molecule has 4 atom stereocenters. The molecule has 2 fully saturated rings. The number of hydrogen-bond donors (Lipinski definition) is 3. The summed E-state index contributed by atoms with van der Waals surface area (Å²) in [6.07, 6.45) is 7.17. The summed E-state index contributed by atoms with van der Waals surface area (Å²) in [5, 5.41) is 5.91. The van der Waals surface area contributed by atoms with Crippen LogP contribution in [0.15, 0.2) is 40.9 Å². The normalized spacial score (nSPS) is 28.3. The van der Waals surface area contributed by atoms with Crippen LogP contribution in [0.5, 0.6) is 0 Å². The number of benzene rings is 1. The molecule has 6 nitrogen and oxygen atoms in total. The number of carbonyl (C=O) groups is 3. The van der Waals surface area contributed by atoms with E-state index in [0.717, 1.165) is 23.0 Å². The van der Waals surface area contributed by atoms with E-state index in [1.807, 2.05) is 24.3 Å². The Balaban J connectivity index is 1.48. The topological polar surface area (TPSA) is 101 Å². The highest BCUT2D eigenvalue weighted by Crippen LogP contribution is 2.72. The molecular weight excluding hydrogens is 422 g/mol. The molecule has 3 aliphatic carbocycles. The van der Waals surface area contributed by atoms with Crippen LogP contribution in [0.4, 0.5) is 5.69 Å². The first-order chi connectivity index (χ1) is 13.4. The van der Waals surface area contributed by atoms with Crippen molar-refractivity contribution in [3.8, 4) is 0 Å². The van der Waals surface area contributed by atoms with Gasteiger partial charge in [0.1, 0.15) is 0 Å². The molecule has 2 bridgehead atoms. The highest BCUT2D eigenvalue weighted by Gasteiger charge is 2.69. The van der Waals surface area contributed by atoms with Crippen LogP contribution in [-0.2, 0) is 14.4 Å². The second-order valence-corrected chi connectivity index (χ2v) is 8.99. The van der Waals surface area contributed by atoms with Crippen molar-refractivity contribution in [2.75, 3.05) is 11.9 Å².